The summed E-state index contributed by atoms with van der Waals surface area (Å²) in [7, 11) is 1.75. The highest BCUT2D eigenvalue weighted by Gasteiger charge is 2.31. The van der Waals surface area contributed by atoms with Crippen LogP contribution in [0, 0.1) is 0 Å². The van der Waals surface area contributed by atoms with Crippen molar-refractivity contribution in [3.05, 3.63) is 76.4 Å². The molecule has 5 rings (SSSR count). The average molecular weight is 564 g/mol. The van der Waals surface area contributed by atoms with E-state index in [2.05, 4.69) is 20.6 Å². The topological polar surface area (TPSA) is 117 Å². The van der Waals surface area contributed by atoms with Gasteiger partial charge in [-0.05, 0) is 49.8 Å². The molecule has 0 saturated heterocycles. The number of halogens is 1. The van der Waals surface area contributed by atoms with Crippen molar-refractivity contribution >= 4 is 29.4 Å². The Balaban J connectivity index is 1.26. The maximum atomic E-state index is 13.3. The molecule has 1 saturated carbocycles. The molecule has 3 aromatic rings. The summed E-state index contributed by atoms with van der Waals surface area (Å²) in [5, 5.41) is 16.9. The molecule has 10 heteroatoms. The van der Waals surface area contributed by atoms with E-state index in [0.717, 1.165) is 36.8 Å². The lowest BCUT2D eigenvalue weighted by Crippen LogP contribution is -2.41. The lowest BCUT2D eigenvalue weighted by molar-refractivity contribution is -0.123. The van der Waals surface area contributed by atoms with Crippen LogP contribution in [0.2, 0.25) is 5.02 Å². The van der Waals surface area contributed by atoms with E-state index in [-0.39, 0.29) is 24.4 Å². The van der Waals surface area contributed by atoms with Crippen LogP contribution < -0.4 is 10.6 Å². The number of ether oxygens (including phenoxy) is 1. The Labute approximate surface area is 238 Å². The maximum absolute atomic E-state index is 13.3. The smallest absolute Gasteiger partial charge is 0.254 e. The summed E-state index contributed by atoms with van der Waals surface area (Å²) in [6, 6.07) is 14.5. The molecule has 1 aliphatic carbocycles. The second kappa shape index (κ2) is 12.3. The number of carbonyl (C=O) groups is 2. The number of methoxy groups -OCH3 is 1. The van der Waals surface area contributed by atoms with Gasteiger partial charge in [0, 0.05) is 30.8 Å². The Morgan fingerprint density at radius 2 is 1.93 bits per heavy atom. The molecule has 0 radical (unpaired) electrons. The summed E-state index contributed by atoms with van der Waals surface area (Å²) in [6.07, 6.45) is 5.00. The average Bonchev–Trinajstić information content (AvgIpc) is 3.27. The molecule has 0 spiro atoms. The minimum Gasteiger partial charge on any atom is -0.391 e. The number of hydrogen-bond donors (Lipinski definition) is 3. The first-order chi connectivity index (χ1) is 19.3. The standard InChI is InChI=1S/C30H34ClN5O4/c1-18(37)27(19-6-4-3-5-7-19)34-26(38)17-36-16-21-9-8-20(14-24(21)29(36)39)28-25(31)15-32-30(35-28)33-22-10-12-23(40-2)13-11-22/h3-9,14-15,18,22-23,27,37H,10-13,16-17H2,1-2H3,(H,34,38)(H,32,33,35)/t18-,22-,23-,27+/m0/s1. The Hall–Kier alpha value is -3.53. The summed E-state index contributed by atoms with van der Waals surface area (Å²) in [4.78, 5) is 36.7. The molecule has 2 amide bonds. The van der Waals surface area contributed by atoms with Crippen LogP contribution in [-0.2, 0) is 16.1 Å². The number of aliphatic hydroxyl groups excluding tert-OH is 1. The van der Waals surface area contributed by atoms with Crippen molar-refractivity contribution in [2.45, 2.75) is 63.4 Å². The number of rotatable bonds is 9. The van der Waals surface area contributed by atoms with Crippen LogP contribution in [0.4, 0.5) is 5.95 Å². The lowest BCUT2D eigenvalue weighted by atomic mass is 9.93. The molecule has 1 aliphatic heterocycles. The molecule has 2 aromatic carbocycles. The number of aliphatic hydroxyl groups is 1. The highest BCUT2D eigenvalue weighted by Crippen LogP contribution is 2.32. The zero-order chi connectivity index (χ0) is 28.2. The molecule has 1 aromatic heterocycles. The molecule has 9 nitrogen and oxygen atoms in total. The van der Waals surface area contributed by atoms with Crippen LogP contribution in [0.5, 0.6) is 0 Å². The molecule has 2 heterocycles. The number of anilines is 1. The number of aromatic nitrogens is 2. The van der Waals surface area contributed by atoms with Crippen LogP contribution >= 0.6 is 11.6 Å². The summed E-state index contributed by atoms with van der Waals surface area (Å²) in [6.45, 7) is 1.83. The van der Waals surface area contributed by atoms with E-state index in [1.54, 1.807) is 26.3 Å². The fourth-order valence-corrected chi connectivity index (χ4v) is 5.64. The van der Waals surface area contributed by atoms with Crippen LogP contribution in [-0.4, -0.2) is 63.7 Å². The molecule has 3 N–H and O–H groups in total. The Kier molecular flexibility index (Phi) is 8.63. The Morgan fingerprint density at radius 3 is 2.62 bits per heavy atom. The van der Waals surface area contributed by atoms with Crippen LogP contribution in [0.3, 0.4) is 0 Å². The predicted octanol–water partition coefficient (Wildman–Crippen LogP) is 4.36. The van der Waals surface area contributed by atoms with Gasteiger partial charge in [-0.25, -0.2) is 9.97 Å². The zero-order valence-electron chi connectivity index (χ0n) is 22.6. The molecular weight excluding hydrogens is 530 g/mol. The Bertz CT molecular complexity index is 1360. The number of nitrogens with zero attached hydrogens (tertiary/aromatic N) is 3. The normalized spacial score (nSPS) is 20.1. The van der Waals surface area contributed by atoms with Crippen molar-refractivity contribution in [3.8, 4) is 11.3 Å². The van der Waals surface area contributed by atoms with Gasteiger partial charge in [-0.2, -0.15) is 0 Å². The molecule has 0 bridgehead atoms. The first kappa shape index (κ1) is 28.0. The van der Waals surface area contributed by atoms with Gasteiger partial charge in [-0.15, -0.1) is 0 Å². The van der Waals surface area contributed by atoms with Crippen molar-refractivity contribution in [3.63, 3.8) is 0 Å². The molecule has 2 aliphatic rings. The highest BCUT2D eigenvalue weighted by atomic mass is 35.5. The van der Waals surface area contributed by atoms with Crippen molar-refractivity contribution < 1.29 is 19.4 Å². The number of carbonyl (C=O) groups excluding carboxylic acids is 2. The molecule has 0 unspecified atom stereocenters. The summed E-state index contributed by atoms with van der Waals surface area (Å²) < 4.78 is 5.46. The van der Waals surface area contributed by atoms with Gasteiger partial charge in [0.2, 0.25) is 11.9 Å². The molecule has 1 fully saturated rings. The van der Waals surface area contributed by atoms with Crippen molar-refractivity contribution in [1.82, 2.24) is 20.2 Å². The van der Waals surface area contributed by atoms with Crippen molar-refractivity contribution in [1.29, 1.82) is 0 Å². The number of amides is 2. The third-order valence-electron chi connectivity index (χ3n) is 7.64. The van der Waals surface area contributed by atoms with Gasteiger partial charge in [0.1, 0.15) is 6.54 Å². The van der Waals surface area contributed by atoms with Crippen LogP contribution in [0.1, 0.15) is 60.1 Å². The maximum Gasteiger partial charge on any atom is 0.254 e. The molecule has 2 atom stereocenters. The minimum atomic E-state index is -0.794. The van der Waals surface area contributed by atoms with E-state index >= 15 is 0 Å². The number of benzene rings is 2. The molecular formula is C30H34ClN5O4. The SMILES string of the molecule is CO[C@H]1CC[C@H](Nc2ncc(Cl)c(-c3ccc4c(c3)C(=O)N(CC(=O)N[C@@H](c3ccccc3)[C@H](C)O)C4)n2)CC1. The predicted molar refractivity (Wildman–Crippen MR) is 153 cm³/mol. The van der Waals surface area contributed by atoms with Crippen LogP contribution in [0.15, 0.2) is 54.7 Å². The molecule has 40 heavy (non-hydrogen) atoms. The largest absolute Gasteiger partial charge is 0.391 e. The highest BCUT2D eigenvalue weighted by molar-refractivity contribution is 6.33. The fourth-order valence-electron chi connectivity index (χ4n) is 5.44. The first-order valence-corrected chi connectivity index (χ1v) is 14.0. The summed E-state index contributed by atoms with van der Waals surface area (Å²) >= 11 is 6.48. The van der Waals surface area contributed by atoms with Crippen LogP contribution in [0.25, 0.3) is 11.3 Å². The van der Waals surface area contributed by atoms with E-state index in [1.807, 2.05) is 42.5 Å². The quantitative estimate of drug-likeness (QED) is 0.354. The monoisotopic (exact) mass is 563 g/mol. The van der Waals surface area contributed by atoms with Gasteiger partial charge in [0.05, 0.1) is 35.2 Å². The van der Waals surface area contributed by atoms with Gasteiger partial charge in [0.15, 0.2) is 0 Å². The van der Waals surface area contributed by atoms with Gasteiger partial charge >= 0.3 is 0 Å². The van der Waals surface area contributed by atoms with Gasteiger partial charge in [-0.3, -0.25) is 9.59 Å². The number of fused-ring (bicyclic) bond motifs is 1. The summed E-state index contributed by atoms with van der Waals surface area (Å²) in [5.74, 6) is -0.0829. The van der Waals surface area contributed by atoms with Gasteiger partial charge < -0.3 is 25.4 Å². The number of hydrogen-bond acceptors (Lipinski definition) is 7. The van der Waals surface area contributed by atoms with Crippen molar-refractivity contribution in [2.24, 2.45) is 0 Å². The van der Waals surface area contributed by atoms with Gasteiger partial charge in [-0.1, -0.05) is 54.1 Å². The van der Waals surface area contributed by atoms with Crippen molar-refractivity contribution in [2.75, 3.05) is 19.0 Å². The second-order valence-electron chi connectivity index (χ2n) is 10.5. The number of nitrogens with one attached hydrogen (secondary N) is 2. The second-order valence-corrected chi connectivity index (χ2v) is 10.9. The summed E-state index contributed by atoms with van der Waals surface area (Å²) in [5.41, 5.74) is 3.39. The minimum absolute atomic E-state index is 0.119. The Morgan fingerprint density at radius 1 is 1.18 bits per heavy atom. The van der Waals surface area contributed by atoms with E-state index < -0.39 is 12.1 Å². The van der Waals surface area contributed by atoms with E-state index in [1.165, 1.54) is 4.90 Å². The van der Waals surface area contributed by atoms with Gasteiger partial charge in [0.25, 0.3) is 5.91 Å². The fraction of sp³-hybridized carbons (Fsp3) is 0.400. The first-order valence-electron chi connectivity index (χ1n) is 13.6. The van der Waals surface area contributed by atoms with E-state index in [0.29, 0.717) is 40.4 Å². The zero-order valence-corrected chi connectivity index (χ0v) is 23.4. The van der Waals surface area contributed by atoms with E-state index in [4.69, 9.17) is 16.3 Å². The lowest BCUT2D eigenvalue weighted by Gasteiger charge is -2.28. The molecule has 210 valence electrons. The third-order valence-corrected chi connectivity index (χ3v) is 7.92. The third kappa shape index (κ3) is 6.27. The van der Waals surface area contributed by atoms with E-state index in [9.17, 15) is 14.7 Å².